The molecule has 43 heavy (non-hydrogen) atoms. The van der Waals surface area contributed by atoms with E-state index in [4.69, 9.17) is 0 Å². The second-order valence-corrected chi connectivity index (χ2v) is 14.6. The van der Waals surface area contributed by atoms with E-state index in [0.717, 1.165) is 24.1 Å². The standard InChI is InChI=1S/C40H80NO2/c1-4-6-8-10-12-14-16-18-20-21-23-25-27-29-31-33-35-41(36-39(42)40(43)37-41)38(3)34-32-30-28-26-24-22-19-17-15-13-11-9-7-5-2/h18,20,38-40,42-43H,4-17,19,21-37H2,1-3H3/q+1/b20-18+. The molecule has 1 aliphatic rings. The monoisotopic (exact) mass is 607 g/mol. The second kappa shape index (κ2) is 29.1. The normalized spacial score (nSPS) is 21.3. The van der Waals surface area contributed by atoms with Gasteiger partial charge in [0.2, 0.25) is 0 Å². The Hall–Kier alpha value is -0.380. The lowest BCUT2D eigenvalue weighted by atomic mass is 10.0. The summed E-state index contributed by atoms with van der Waals surface area (Å²) in [6, 6.07) is 0.548. The first-order valence-corrected chi connectivity index (χ1v) is 19.9. The van der Waals surface area contributed by atoms with Gasteiger partial charge >= 0.3 is 0 Å². The Labute approximate surface area is 271 Å². The lowest BCUT2D eigenvalue weighted by Gasteiger charge is -2.40. The van der Waals surface area contributed by atoms with Gasteiger partial charge in [-0.05, 0) is 58.3 Å². The van der Waals surface area contributed by atoms with E-state index in [2.05, 4.69) is 32.9 Å². The zero-order valence-electron chi connectivity index (χ0n) is 29.9. The Kier molecular flexibility index (Phi) is 27.5. The van der Waals surface area contributed by atoms with E-state index < -0.39 is 12.2 Å². The van der Waals surface area contributed by atoms with Gasteiger partial charge in [0, 0.05) is 0 Å². The molecular formula is C40H80NO2+. The minimum atomic E-state index is -0.534. The largest absolute Gasteiger partial charge is 0.384 e. The van der Waals surface area contributed by atoms with Crippen molar-refractivity contribution in [3.8, 4) is 0 Å². The van der Waals surface area contributed by atoms with E-state index >= 15 is 0 Å². The number of quaternary nitrogens is 1. The number of aliphatic hydroxyl groups is 2. The van der Waals surface area contributed by atoms with Crippen molar-refractivity contribution in [2.45, 2.75) is 225 Å². The predicted molar refractivity (Wildman–Crippen MR) is 191 cm³/mol. The fourth-order valence-corrected chi connectivity index (χ4v) is 7.41. The first-order chi connectivity index (χ1) is 21.1. The Balaban J connectivity index is 2.07. The molecule has 1 heterocycles. The van der Waals surface area contributed by atoms with Gasteiger partial charge in [-0.1, -0.05) is 161 Å². The number of unbranched alkanes of at least 4 members (excludes halogenated alkanes) is 25. The predicted octanol–water partition coefficient (Wildman–Crippen LogP) is 11.8. The first kappa shape index (κ1) is 40.6. The highest BCUT2D eigenvalue weighted by atomic mass is 16.3. The molecule has 0 saturated carbocycles. The Bertz CT molecular complexity index is 595. The molecule has 0 aliphatic carbocycles. The zero-order valence-corrected chi connectivity index (χ0v) is 29.9. The third-order valence-corrected chi connectivity index (χ3v) is 10.6. The highest BCUT2D eigenvalue weighted by Gasteiger charge is 2.46. The number of likely N-dealkylation sites (tertiary alicyclic amines) is 1. The van der Waals surface area contributed by atoms with Crippen molar-refractivity contribution in [2.75, 3.05) is 19.6 Å². The summed E-state index contributed by atoms with van der Waals surface area (Å²) in [6.45, 7) is 9.62. The fourth-order valence-electron chi connectivity index (χ4n) is 7.41. The molecule has 3 nitrogen and oxygen atoms in total. The molecule has 1 fully saturated rings. The molecule has 3 atom stereocenters. The molecule has 3 unspecified atom stereocenters. The lowest BCUT2D eigenvalue weighted by molar-refractivity contribution is -0.941. The molecule has 0 radical (unpaired) electrons. The number of aliphatic hydroxyl groups excluding tert-OH is 2. The van der Waals surface area contributed by atoms with Crippen LogP contribution in [-0.2, 0) is 0 Å². The van der Waals surface area contributed by atoms with E-state index in [9.17, 15) is 10.2 Å². The smallest absolute Gasteiger partial charge is 0.134 e. The van der Waals surface area contributed by atoms with Gasteiger partial charge in [0.05, 0.1) is 12.6 Å². The van der Waals surface area contributed by atoms with E-state index in [1.54, 1.807) is 0 Å². The lowest BCUT2D eigenvalue weighted by Crippen LogP contribution is -2.54. The van der Waals surface area contributed by atoms with Crippen LogP contribution in [0.2, 0.25) is 0 Å². The maximum atomic E-state index is 10.4. The number of allylic oxidation sites excluding steroid dienone is 2. The van der Waals surface area contributed by atoms with Crippen molar-refractivity contribution >= 4 is 0 Å². The van der Waals surface area contributed by atoms with Gasteiger partial charge < -0.3 is 14.7 Å². The molecule has 2 N–H and O–H groups in total. The van der Waals surface area contributed by atoms with Crippen LogP contribution in [0.3, 0.4) is 0 Å². The van der Waals surface area contributed by atoms with E-state index in [1.165, 1.54) is 186 Å². The minimum absolute atomic E-state index is 0.534. The molecule has 1 aliphatic heterocycles. The number of rotatable bonds is 32. The number of nitrogens with zero attached hydrogens (tertiary/aromatic N) is 1. The molecule has 0 amide bonds. The van der Waals surface area contributed by atoms with Gasteiger partial charge in [0.15, 0.2) is 0 Å². The van der Waals surface area contributed by atoms with E-state index in [0.29, 0.717) is 6.04 Å². The topological polar surface area (TPSA) is 40.5 Å². The summed E-state index contributed by atoms with van der Waals surface area (Å²) < 4.78 is 0.949. The van der Waals surface area contributed by atoms with Gasteiger partial charge in [0.1, 0.15) is 25.3 Å². The van der Waals surface area contributed by atoms with Gasteiger partial charge in [-0.2, -0.15) is 0 Å². The summed E-state index contributed by atoms with van der Waals surface area (Å²) in [7, 11) is 0. The molecule has 256 valence electrons. The molecule has 0 aromatic heterocycles. The van der Waals surface area contributed by atoms with Crippen LogP contribution in [0.4, 0.5) is 0 Å². The summed E-state index contributed by atoms with van der Waals surface area (Å²) in [4.78, 5) is 0. The van der Waals surface area contributed by atoms with Gasteiger partial charge in [-0.25, -0.2) is 0 Å². The van der Waals surface area contributed by atoms with Gasteiger partial charge in [0.25, 0.3) is 0 Å². The quantitative estimate of drug-likeness (QED) is 0.0454. The Morgan fingerprint density at radius 3 is 1.21 bits per heavy atom. The third-order valence-electron chi connectivity index (χ3n) is 10.6. The van der Waals surface area contributed by atoms with Crippen LogP contribution in [0.5, 0.6) is 0 Å². The molecule has 0 aromatic rings. The summed E-state index contributed by atoms with van der Waals surface area (Å²) in [5.74, 6) is 0. The van der Waals surface area contributed by atoms with Crippen molar-refractivity contribution in [2.24, 2.45) is 0 Å². The molecule has 0 bridgehead atoms. The summed E-state index contributed by atoms with van der Waals surface area (Å²) in [5.41, 5.74) is 0. The van der Waals surface area contributed by atoms with Gasteiger partial charge in [-0.3, -0.25) is 0 Å². The summed E-state index contributed by atoms with van der Waals surface area (Å²) in [5, 5.41) is 20.9. The maximum Gasteiger partial charge on any atom is 0.134 e. The van der Waals surface area contributed by atoms with Crippen LogP contribution in [-0.4, -0.2) is 52.6 Å². The highest BCUT2D eigenvalue weighted by Crippen LogP contribution is 2.29. The van der Waals surface area contributed by atoms with Crippen LogP contribution < -0.4 is 0 Å². The van der Waals surface area contributed by atoms with Crippen LogP contribution in [0.1, 0.15) is 207 Å². The van der Waals surface area contributed by atoms with Crippen molar-refractivity contribution in [3.05, 3.63) is 12.2 Å². The molecule has 0 spiro atoms. The van der Waals surface area contributed by atoms with Crippen LogP contribution >= 0.6 is 0 Å². The number of hydrogen-bond acceptors (Lipinski definition) is 2. The summed E-state index contributed by atoms with van der Waals surface area (Å²) in [6.07, 6.45) is 43.5. The number of hydrogen-bond donors (Lipinski definition) is 2. The van der Waals surface area contributed by atoms with Crippen molar-refractivity contribution in [1.82, 2.24) is 0 Å². The molecule has 1 rings (SSSR count). The van der Waals surface area contributed by atoms with Crippen molar-refractivity contribution < 1.29 is 14.7 Å². The molecule has 3 heteroatoms. The Morgan fingerprint density at radius 2 is 0.814 bits per heavy atom. The van der Waals surface area contributed by atoms with Crippen molar-refractivity contribution in [1.29, 1.82) is 0 Å². The van der Waals surface area contributed by atoms with Crippen LogP contribution in [0.25, 0.3) is 0 Å². The second-order valence-electron chi connectivity index (χ2n) is 14.6. The van der Waals surface area contributed by atoms with Crippen LogP contribution in [0.15, 0.2) is 12.2 Å². The fraction of sp³-hybridized carbons (Fsp3) is 0.950. The van der Waals surface area contributed by atoms with E-state index in [1.807, 2.05) is 0 Å². The van der Waals surface area contributed by atoms with Gasteiger partial charge in [-0.15, -0.1) is 0 Å². The van der Waals surface area contributed by atoms with Crippen molar-refractivity contribution in [3.63, 3.8) is 0 Å². The average molecular weight is 607 g/mol. The Morgan fingerprint density at radius 1 is 0.488 bits per heavy atom. The average Bonchev–Trinajstić information content (AvgIpc) is 3.30. The zero-order chi connectivity index (χ0) is 31.3. The first-order valence-electron chi connectivity index (χ1n) is 19.9. The summed E-state index contributed by atoms with van der Waals surface area (Å²) >= 11 is 0. The molecular weight excluding hydrogens is 526 g/mol. The van der Waals surface area contributed by atoms with E-state index in [-0.39, 0.29) is 0 Å². The van der Waals surface area contributed by atoms with Crippen LogP contribution in [0, 0.1) is 0 Å². The molecule has 0 aromatic carbocycles. The third kappa shape index (κ3) is 21.9. The maximum absolute atomic E-state index is 10.4. The minimum Gasteiger partial charge on any atom is -0.384 e. The SMILES string of the molecule is CCCCCCCC/C=C/CCCCCCCC[N+]1(C(C)CCCCCCCCCCCCCCCC)CC(O)C(O)C1. The highest BCUT2D eigenvalue weighted by molar-refractivity contribution is 4.81. The molecule has 1 saturated heterocycles.